The molecule has 2 nitrogen and oxygen atoms in total. The fourth-order valence-corrected chi connectivity index (χ4v) is 2.50. The molecule has 0 aliphatic carbocycles. The predicted molar refractivity (Wildman–Crippen MR) is 65.3 cm³/mol. The molecule has 1 aliphatic rings. The molecular weight excluding hydrogens is 290 g/mol. The summed E-state index contributed by atoms with van der Waals surface area (Å²) in [5.74, 6) is -2.66. The predicted octanol–water partition coefficient (Wildman–Crippen LogP) is 3.56. The molecule has 1 heterocycles. The van der Waals surface area contributed by atoms with E-state index in [0.717, 1.165) is 0 Å². The van der Waals surface area contributed by atoms with Gasteiger partial charge in [0, 0.05) is 17.4 Å². The van der Waals surface area contributed by atoms with Crippen molar-refractivity contribution >= 4 is 21.6 Å². The number of hydrogen-bond donors (Lipinski definition) is 0. The minimum absolute atomic E-state index is 0.0700. The van der Waals surface area contributed by atoms with Crippen molar-refractivity contribution in [2.45, 2.75) is 18.8 Å². The highest BCUT2D eigenvalue weighted by Crippen LogP contribution is 2.33. The summed E-state index contributed by atoms with van der Waals surface area (Å²) in [5, 5.41) is 9.07. The summed E-state index contributed by atoms with van der Waals surface area (Å²) < 4.78 is 27.3. The number of halogens is 3. The Hall–Kier alpha value is -1.15. The molecule has 5 heteroatoms. The highest BCUT2D eigenvalue weighted by atomic mass is 79.9. The maximum Gasteiger partial charge on any atom is 0.265 e. The minimum atomic E-state index is -2.66. The van der Waals surface area contributed by atoms with Gasteiger partial charge in [-0.05, 0) is 34.5 Å². The van der Waals surface area contributed by atoms with Crippen LogP contribution in [-0.4, -0.2) is 19.0 Å². The van der Waals surface area contributed by atoms with Crippen LogP contribution in [0.25, 0.3) is 0 Å². The van der Waals surface area contributed by atoms with E-state index in [4.69, 9.17) is 5.26 Å². The molecule has 0 atom stereocenters. The Labute approximate surface area is 107 Å². The summed E-state index contributed by atoms with van der Waals surface area (Å²) in [6.07, 6.45) is 0.379. The molecule has 1 aromatic rings. The molecule has 0 saturated carbocycles. The molecule has 0 N–H and O–H groups in total. The number of alkyl halides is 2. The summed E-state index contributed by atoms with van der Waals surface area (Å²) in [5.41, 5.74) is 1.01. The second kappa shape index (κ2) is 4.61. The van der Waals surface area contributed by atoms with E-state index in [1.807, 2.05) is 0 Å². The second-order valence-electron chi connectivity index (χ2n) is 4.13. The monoisotopic (exact) mass is 300 g/mol. The quantitative estimate of drug-likeness (QED) is 0.793. The average Bonchev–Trinajstić information content (AvgIpc) is 2.27. The first kappa shape index (κ1) is 12.3. The summed E-state index contributed by atoms with van der Waals surface area (Å²) in [6.45, 7) is 0.263. The molecule has 0 bridgehead atoms. The van der Waals surface area contributed by atoms with Crippen molar-refractivity contribution in [3.05, 3.63) is 28.2 Å². The first-order chi connectivity index (χ1) is 8.03. The number of nitrogens with zero attached hydrogens (tertiary/aromatic N) is 2. The highest BCUT2D eigenvalue weighted by Gasteiger charge is 2.35. The molecule has 0 amide bonds. The average molecular weight is 301 g/mol. The third kappa shape index (κ3) is 2.58. The topological polar surface area (TPSA) is 27.0 Å². The van der Waals surface area contributed by atoms with Gasteiger partial charge in [-0.1, -0.05) is 6.07 Å². The fourth-order valence-electron chi connectivity index (χ4n) is 2.06. The van der Waals surface area contributed by atoms with Crippen LogP contribution in [0, 0.1) is 11.3 Å². The van der Waals surface area contributed by atoms with E-state index in [9.17, 15) is 8.78 Å². The van der Waals surface area contributed by atoms with Gasteiger partial charge in [-0.25, -0.2) is 8.78 Å². The zero-order valence-electron chi connectivity index (χ0n) is 9.09. The summed E-state index contributed by atoms with van der Waals surface area (Å²) in [6, 6.07) is 7.27. The zero-order chi connectivity index (χ0) is 12.5. The largest absolute Gasteiger partial charge is 0.364 e. The first-order valence-corrected chi connectivity index (χ1v) is 6.14. The van der Waals surface area contributed by atoms with E-state index < -0.39 is 5.92 Å². The number of piperidine rings is 1. The number of anilines is 1. The summed E-state index contributed by atoms with van der Waals surface area (Å²) >= 11 is 3.27. The maximum absolute atomic E-state index is 13.3. The van der Waals surface area contributed by atoms with Gasteiger partial charge in [-0.15, -0.1) is 0 Å². The van der Waals surface area contributed by atoms with Crippen molar-refractivity contribution in [2.75, 3.05) is 18.0 Å². The maximum atomic E-state index is 13.3. The second-order valence-corrected chi connectivity index (χ2v) is 4.98. The van der Waals surface area contributed by atoms with Crippen LogP contribution < -0.4 is 4.90 Å². The van der Waals surface area contributed by atoms with Gasteiger partial charge in [0.15, 0.2) is 0 Å². The normalized spacial score (nSPS) is 18.8. The van der Waals surface area contributed by atoms with Crippen LogP contribution in [0.5, 0.6) is 0 Å². The van der Waals surface area contributed by atoms with E-state index in [1.165, 1.54) is 0 Å². The van der Waals surface area contributed by atoms with Crippen LogP contribution in [0.1, 0.15) is 18.4 Å². The van der Waals surface area contributed by atoms with Gasteiger partial charge < -0.3 is 4.90 Å². The number of benzene rings is 1. The standard InChI is InChI=1S/C12H11BrF2N2/c13-10-3-1-4-11(9(10)7-16)17-6-2-5-12(14,15)8-17/h1,3-4H,2,5-6,8H2. The molecule has 0 radical (unpaired) electrons. The lowest BCUT2D eigenvalue weighted by atomic mass is 10.0. The summed E-state index contributed by atoms with van der Waals surface area (Å²) in [7, 11) is 0. The Balaban J connectivity index is 2.35. The number of hydrogen-bond acceptors (Lipinski definition) is 2. The van der Waals surface area contributed by atoms with Crippen LogP contribution in [-0.2, 0) is 0 Å². The number of rotatable bonds is 1. The van der Waals surface area contributed by atoms with Gasteiger partial charge in [-0.3, -0.25) is 0 Å². The van der Waals surface area contributed by atoms with E-state index in [-0.39, 0.29) is 13.0 Å². The molecule has 2 rings (SSSR count). The van der Waals surface area contributed by atoms with Crippen molar-refractivity contribution in [2.24, 2.45) is 0 Å². The van der Waals surface area contributed by atoms with E-state index in [0.29, 0.717) is 28.7 Å². The number of nitriles is 1. The molecule has 0 aromatic heterocycles. The van der Waals surface area contributed by atoms with Crippen LogP contribution in [0.2, 0.25) is 0 Å². The SMILES string of the molecule is N#Cc1c(Br)cccc1N1CCCC(F)(F)C1. The summed E-state index contributed by atoms with van der Waals surface area (Å²) in [4.78, 5) is 1.59. The lowest BCUT2D eigenvalue weighted by Gasteiger charge is -2.34. The zero-order valence-corrected chi connectivity index (χ0v) is 10.7. The van der Waals surface area contributed by atoms with Gasteiger partial charge >= 0.3 is 0 Å². The van der Waals surface area contributed by atoms with Crippen molar-refractivity contribution < 1.29 is 8.78 Å². The van der Waals surface area contributed by atoms with Crippen LogP contribution in [0.4, 0.5) is 14.5 Å². The van der Waals surface area contributed by atoms with Crippen LogP contribution >= 0.6 is 15.9 Å². The molecule has 17 heavy (non-hydrogen) atoms. The van der Waals surface area contributed by atoms with Gasteiger partial charge in [0.05, 0.1) is 17.8 Å². The van der Waals surface area contributed by atoms with Crippen LogP contribution in [0.15, 0.2) is 22.7 Å². The van der Waals surface area contributed by atoms with E-state index >= 15 is 0 Å². The van der Waals surface area contributed by atoms with E-state index in [1.54, 1.807) is 23.1 Å². The van der Waals surface area contributed by atoms with Crippen molar-refractivity contribution in [3.8, 4) is 6.07 Å². The molecule has 1 saturated heterocycles. The molecule has 1 fully saturated rings. The molecule has 1 aliphatic heterocycles. The van der Waals surface area contributed by atoms with Gasteiger partial charge in [-0.2, -0.15) is 5.26 Å². The molecule has 0 unspecified atom stereocenters. The molecule has 90 valence electrons. The molecule has 1 aromatic carbocycles. The van der Waals surface area contributed by atoms with Crippen molar-refractivity contribution in [3.63, 3.8) is 0 Å². The highest BCUT2D eigenvalue weighted by molar-refractivity contribution is 9.10. The Morgan fingerprint density at radius 1 is 1.41 bits per heavy atom. The Morgan fingerprint density at radius 3 is 2.82 bits per heavy atom. The first-order valence-electron chi connectivity index (χ1n) is 5.35. The third-order valence-electron chi connectivity index (χ3n) is 2.84. The molecular formula is C12H11BrF2N2. The Morgan fingerprint density at radius 2 is 2.18 bits per heavy atom. The minimum Gasteiger partial charge on any atom is -0.364 e. The Bertz CT molecular complexity index is 468. The lowest BCUT2D eigenvalue weighted by molar-refractivity contribution is -0.0116. The van der Waals surface area contributed by atoms with Crippen molar-refractivity contribution in [1.82, 2.24) is 0 Å². The lowest BCUT2D eigenvalue weighted by Crippen LogP contribution is -2.42. The van der Waals surface area contributed by atoms with Crippen LogP contribution in [0.3, 0.4) is 0 Å². The third-order valence-corrected chi connectivity index (χ3v) is 3.50. The molecule has 0 spiro atoms. The smallest absolute Gasteiger partial charge is 0.265 e. The van der Waals surface area contributed by atoms with Gasteiger partial charge in [0.1, 0.15) is 6.07 Å². The van der Waals surface area contributed by atoms with Gasteiger partial charge in [0.2, 0.25) is 0 Å². The van der Waals surface area contributed by atoms with Gasteiger partial charge in [0.25, 0.3) is 5.92 Å². The van der Waals surface area contributed by atoms with Crippen molar-refractivity contribution in [1.29, 1.82) is 5.26 Å². The van der Waals surface area contributed by atoms with E-state index in [2.05, 4.69) is 22.0 Å². The fraction of sp³-hybridized carbons (Fsp3) is 0.417. The Kier molecular flexibility index (Phi) is 3.34.